The molecule has 30 heavy (non-hydrogen) atoms. The molecule has 0 atom stereocenters. The Balaban J connectivity index is 0.000000377. The zero-order valence-electron chi connectivity index (χ0n) is 16.6. The van der Waals surface area contributed by atoms with E-state index in [9.17, 15) is 0 Å². The minimum Gasteiger partial charge on any atom is -0.497 e. The monoisotopic (exact) mass is 412 g/mol. The number of nitrogens with one attached hydrogen (secondary N) is 1. The average Bonchev–Trinajstić information content (AvgIpc) is 3.13. The number of carboxylic acids is 2. The molecule has 3 N–H and O–H groups in total. The van der Waals surface area contributed by atoms with Crippen LogP contribution in [0.2, 0.25) is 0 Å². The fourth-order valence-electron chi connectivity index (χ4n) is 3.26. The standard InChI is InChI=1S/C19H22N4O.C2H2O4/c1-24-16-7-5-15(6-8-16)19-17(14-22-12-9-20-10-13-22)23-11-3-2-4-18(23)21-19;3-1(4)2(5)6/h2-8,11,20H,9-10,12-14H2,1H3;(H,3,4)(H,5,6). The molecule has 158 valence electrons. The number of nitrogens with zero attached hydrogens (tertiary/aromatic N) is 3. The number of piperazine rings is 1. The topological polar surface area (TPSA) is 116 Å². The number of rotatable bonds is 4. The summed E-state index contributed by atoms with van der Waals surface area (Å²) in [5.41, 5.74) is 4.43. The molecule has 1 aromatic carbocycles. The number of fused-ring (bicyclic) bond motifs is 1. The number of pyridine rings is 1. The molecule has 0 amide bonds. The summed E-state index contributed by atoms with van der Waals surface area (Å²) in [4.78, 5) is 25.6. The van der Waals surface area contributed by atoms with Gasteiger partial charge in [-0.1, -0.05) is 6.07 Å². The Morgan fingerprint density at radius 3 is 2.33 bits per heavy atom. The summed E-state index contributed by atoms with van der Waals surface area (Å²) in [6.07, 6.45) is 2.10. The number of imidazole rings is 1. The van der Waals surface area contributed by atoms with E-state index >= 15 is 0 Å². The summed E-state index contributed by atoms with van der Waals surface area (Å²) >= 11 is 0. The summed E-state index contributed by atoms with van der Waals surface area (Å²) in [7, 11) is 1.69. The highest BCUT2D eigenvalue weighted by molar-refractivity contribution is 6.27. The van der Waals surface area contributed by atoms with Crippen LogP contribution >= 0.6 is 0 Å². The van der Waals surface area contributed by atoms with Gasteiger partial charge >= 0.3 is 11.9 Å². The smallest absolute Gasteiger partial charge is 0.414 e. The molecule has 0 bridgehead atoms. The lowest BCUT2D eigenvalue weighted by atomic mass is 10.1. The van der Waals surface area contributed by atoms with Crippen LogP contribution in [-0.2, 0) is 16.1 Å². The fourth-order valence-corrected chi connectivity index (χ4v) is 3.26. The van der Waals surface area contributed by atoms with Gasteiger partial charge in [0.1, 0.15) is 11.4 Å². The van der Waals surface area contributed by atoms with E-state index in [1.54, 1.807) is 7.11 Å². The highest BCUT2D eigenvalue weighted by Gasteiger charge is 2.18. The number of carboxylic acid groups (broad SMARTS) is 2. The molecule has 3 heterocycles. The second-order valence-electron chi connectivity index (χ2n) is 6.70. The molecule has 1 aliphatic rings. The Bertz CT molecular complexity index is 998. The van der Waals surface area contributed by atoms with Crippen molar-refractivity contribution in [2.75, 3.05) is 33.3 Å². The van der Waals surface area contributed by atoms with Gasteiger partial charge < -0.3 is 24.7 Å². The number of hydrogen-bond donors (Lipinski definition) is 3. The predicted molar refractivity (Wildman–Crippen MR) is 111 cm³/mol. The number of carbonyl (C=O) groups is 2. The third kappa shape index (κ3) is 5.13. The lowest BCUT2D eigenvalue weighted by Crippen LogP contribution is -2.43. The van der Waals surface area contributed by atoms with Gasteiger partial charge in [0.25, 0.3) is 0 Å². The summed E-state index contributed by atoms with van der Waals surface area (Å²) in [6.45, 7) is 5.15. The molecular weight excluding hydrogens is 388 g/mol. The molecule has 0 radical (unpaired) electrons. The minimum absolute atomic E-state index is 0.867. The van der Waals surface area contributed by atoms with Crippen LogP contribution in [0.5, 0.6) is 5.75 Å². The molecule has 3 aromatic rings. The average molecular weight is 412 g/mol. The molecular formula is C21H24N4O5. The van der Waals surface area contributed by atoms with Crippen molar-refractivity contribution in [1.29, 1.82) is 0 Å². The van der Waals surface area contributed by atoms with Crippen LogP contribution in [0.3, 0.4) is 0 Å². The van der Waals surface area contributed by atoms with Crippen molar-refractivity contribution in [3.63, 3.8) is 0 Å². The molecule has 9 nitrogen and oxygen atoms in total. The molecule has 1 saturated heterocycles. The van der Waals surface area contributed by atoms with Gasteiger partial charge in [0.15, 0.2) is 0 Å². The number of aliphatic carboxylic acids is 2. The Labute approximate surface area is 173 Å². The van der Waals surface area contributed by atoms with Crippen LogP contribution in [0.25, 0.3) is 16.9 Å². The molecule has 2 aromatic heterocycles. The van der Waals surface area contributed by atoms with Gasteiger partial charge in [-0.05, 0) is 36.4 Å². The van der Waals surface area contributed by atoms with Gasteiger partial charge in [-0.3, -0.25) is 4.90 Å². The normalized spacial score (nSPS) is 14.0. The lowest BCUT2D eigenvalue weighted by molar-refractivity contribution is -0.159. The van der Waals surface area contributed by atoms with E-state index in [1.165, 1.54) is 5.69 Å². The summed E-state index contributed by atoms with van der Waals surface area (Å²) in [6, 6.07) is 14.3. The van der Waals surface area contributed by atoms with Gasteiger partial charge in [0.2, 0.25) is 0 Å². The molecule has 0 unspecified atom stereocenters. The van der Waals surface area contributed by atoms with Crippen LogP contribution in [0.4, 0.5) is 0 Å². The van der Waals surface area contributed by atoms with Crippen molar-refractivity contribution in [3.8, 4) is 17.0 Å². The van der Waals surface area contributed by atoms with Gasteiger partial charge in [-0.25, -0.2) is 14.6 Å². The number of hydrogen-bond acceptors (Lipinski definition) is 6. The van der Waals surface area contributed by atoms with Crippen molar-refractivity contribution in [3.05, 3.63) is 54.4 Å². The van der Waals surface area contributed by atoms with Crippen molar-refractivity contribution < 1.29 is 24.5 Å². The summed E-state index contributed by atoms with van der Waals surface area (Å²) < 4.78 is 7.48. The SMILES string of the molecule is COc1ccc(-c2nc3ccccn3c2CN2CCNCC2)cc1.O=C(O)C(=O)O. The molecule has 0 aliphatic carbocycles. The van der Waals surface area contributed by atoms with E-state index in [0.29, 0.717) is 0 Å². The zero-order valence-corrected chi connectivity index (χ0v) is 16.6. The Morgan fingerprint density at radius 2 is 1.73 bits per heavy atom. The van der Waals surface area contributed by atoms with Gasteiger partial charge in [0, 0.05) is 44.5 Å². The third-order valence-corrected chi connectivity index (χ3v) is 4.76. The zero-order chi connectivity index (χ0) is 21.5. The Hall–Kier alpha value is -3.43. The molecule has 1 aliphatic heterocycles. The summed E-state index contributed by atoms with van der Waals surface area (Å²) in [5, 5.41) is 18.2. The van der Waals surface area contributed by atoms with E-state index in [0.717, 1.165) is 55.4 Å². The largest absolute Gasteiger partial charge is 0.497 e. The maximum absolute atomic E-state index is 9.10. The van der Waals surface area contributed by atoms with Crippen molar-refractivity contribution in [1.82, 2.24) is 19.6 Å². The first-order valence-corrected chi connectivity index (χ1v) is 9.49. The fraction of sp³-hybridized carbons (Fsp3) is 0.286. The van der Waals surface area contributed by atoms with Crippen LogP contribution in [-0.4, -0.2) is 69.7 Å². The maximum atomic E-state index is 9.10. The van der Waals surface area contributed by atoms with E-state index in [2.05, 4.69) is 45.1 Å². The van der Waals surface area contributed by atoms with Crippen molar-refractivity contribution in [2.24, 2.45) is 0 Å². The maximum Gasteiger partial charge on any atom is 0.414 e. The number of ether oxygens (including phenoxy) is 1. The predicted octanol–water partition coefficient (Wildman–Crippen LogP) is 1.57. The first kappa shape index (κ1) is 21.3. The molecule has 0 saturated carbocycles. The van der Waals surface area contributed by atoms with E-state index < -0.39 is 11.9 Å². The quantitative estimate of drug-likeness (QED) is 0.553. The van der Waals surface area contributed by atoms with E-state index in [4.69, 9.17) is 29.5 Å². The second-order valence-corrected chi connectivity index (χ2v) is 6.70. The molecule has 4 rings (SSSR count). The minimum atomic E-state index is -1.82. The lowest BCUT2D eigenvalue weighted by Gasteiger charge is -2.27. The Kier molecular flexibility index (Phi) is 6.99. The molecule has 1 fully saturated rings. The highest BCUT2D eigenvalue weighted by atomic mass is 16.5. The van der Waals surface area contributed by atoms with Crippen LogP contribution in [0, 0.1) is 0 Å². The summed E-state index contributed by atoms with van der Waals surface area (Å²) in [5.74, 6) is -2.78. The van der Waals surface area contributed by atoms with Crippen LogP contribution in [0.1, 0.15) is 5.69 Å². The highest BCUT2D eigenvalue weighted by Crippen LogP contribution is 2.27. The number of aromatic nitrogens is 2. The van der Waals surface area contributed by atoms with E-state index in [-0.39, 0.29) is 0 Å². The van der Waals surface area contributed by atoms with E-state index in [1.807, 2.05) is 18.2 Å². The second kappa shape index (κ2) is 9.86. The third-order valence-electron chi connectivity index (χ3n) is 4.76. The molecule has 0 spiro atoms. The van der Waals surface area contributed by atoms with Crippen molar-refractivity contribution in [2.45, 2.75) is 6.54 Å². The number of benzene rings is 1. The van der Waals surface area contributed by atoms with Gasteiger partial charge in [0.05, 0.1) is 18.5 Å². The van der Waals surface area contributed by atoms with Gasteiger partial charge in [-0.15, -0.1) is 0 Å². The van der Waals surface area contributed by atoms with Gasteiger partial charge in [-0.2, -0.15) is 0 Å². The first-order chi connectivity index (χ1) is 14.5. The van der Waals surface area contributed by atoms with Crippen LogP contribution < -0.4 is 10.1 Å². The molecule has 9 heteroatoms. The number of methoxy groups -OCH3 is 1. The Morgan fingerprint density at radius 1 is 1.07 bits per heavy atom. The first-order valence-electron chi connectivity index (χ1n) is 9.49. The van der Waals surface area contributed by atoms with Crippen LogP contribution in [0.15, 0.2) is 48.7 Å². The van der Waals surface area contributed by atoms with Crippen molar-refractivity contribution >= 4 is 17.6 Å².